The van der Waals surface area contributed by atoms with Crippen molar-refractivity contribution in [1.29, 1.82) is 0 Å². The average Bonchev–Trinajstić information content (AvgIpc) is 2.54. The highest BCUT2D eigenvalue weighted by atomic mass is 79.9. The lowest BCUT2D eigenvalue weighted by molar-refractivity contribution is 0.807. The first-order valence-corrected chi connectivity index (χ1v) is 6.30. The lowest BCUT2D eigenvalue weighted by atomic mass is 10.1. The molecule has 0 aromatic carbocycles. The Morgan fingerprint density at radius 1 is 1.41 bits per heavy atom. The Kier molecular flexibility index (Phi) is 3.19. The average molecular weight is 295 g/mol. The Bertz CT molecular complexity index is 560. The van der Waals surface area contributed by atoms with Crippen LogP contribution in [0.3, 0.4) is 0 Å². The van der Waals surface area contributed by atoms with Gasteiger partial charge in [-0.25, -0.2) is 9.67 Å². The van der Waals surface area contributed by atoms with E-state index >= 15 is 0 Å². The molecule has 0 aliphatic heterocycles. The first-order valence-electron chi connectivity index (χ1n) is 5.51. The molecule has 0 bridgehead atoms. The number of nitrogens with two attached hydrogens (primary N) is 1. The molecule has 0 atom stereocenters. The van der Waals surface area contributed by atoms with Crippen LogP contribution in [0.2, 0.25) is 0 Å². The Labute approximate surface area is 109 Å². The third kappa shape index (κ3) is 2.07. The number of aromatic nitrogens is 3. The molecule has 2 heterocycles. The van der Waals surface area contributed by atoms with E-state index < -0.39 is 0 Å². The number of aryl methyl sites for hydroxylation is 1. The van der Waals surface area contributed by atoms with Crippen molar-refractivity contribution in [2.45, 2.75) is 27.2 Å². The highest BCUT2D eigenvalue weighted by Gasteiger charge is 2.13. The maximum atomic E-state index is 5.97. The molecule has 0 saturated carbocycles. The highest BCUT2D eigenvalue weighted by Crippen LogP contribution is 2.23. The molecule has 5 heteroatoms. The van der Waals surface area contributed by atoms with Gasteiger partial charge in [-0.3, -0.25) is 0 Å². The first-order chi connectivity index (χ1) is 8.04. The zero-order valence-electron chi connectivity index (χ0n) is 10.2. The van der Waals surface area contributed by atoms with Gasteiger partial charge in [0.15, 0.2) is 5.82 Å². The van der Waals surface area contributed by atoms with Crippen molar-refractivity contribution in [3.05, 3.63) is 33.7 Å². The van der Waals surface area contributed by atoms with Gasteiger partial charge in [0.2, 0.25) is 0 Å². The van der Waals surface area contributed by atoms with Crippen LogP contribution in [0.5, 0.6) is 0 Å². The monoisotopic (exact) mass is 294 g/mol. The van der Waals surface area contributed by atoms with Crippen molar-refractivity contribution in [2.75, 3.05) is 5.73 Å². The molecule has 2 aromatic heterocycles. The number of halogens is 1. The number of hydrogen-bond acceptors (Lipinski definition) is 3. The van der Waals surface area contributed by atoms with Crippen LogP contribution in [0, 0.1) is 13.8 Å². The molecular formula is C12H15BrN4. The predicted molar refractivity (Wildman–Crippen MR) is 72.3 cm³/mol. The lowest BCUT2D eigenvalue weighted by Gasteiger charge is -2.07. The molecule has 0 spiro atoms. The van der Waals surface area contributed by atoms with Gasteiger partial charge in [0.1, 0.15) is 0 Å². The Morgan fingerprint density at radius 3 is 2.65 bits per heavy atom. The third-order valence-electron chi connectivity index (χ3n) is 2.86. The molecular weight excluding hydrogens is 280 g/mol. The molecule has 0 radical (unpaired) electrons. The largest absolute Gasteiger partial charge is 0.396 e. The van der Waals surface area contributed by atoms with Crippen molar-refractivity contribution in [1.82, 2.24) is 14.8 Å². The van der Waals surface area contributed by atoms with Gasteiger partial charge in [-0.15, -0.1) is 0 Å². The maximum absolute atomic E-state index is 5.97. The molecule has 0 amide bonds. The third-order valence-corrected chi connectivity index (χ3v) is 3.29. The van der Waals surface area contributed by atoms with E-state index in [0.29, 0.717) is 11.5 Å². The molecule has 2 N–H and O–H groups in total. The standard InChI is InChI=1S/C12H15BrN4/c1-4-10-7(2)16-17(8(10)3)12-11(14)5-9(13)6-15-12/h5-6H,4,14H2,1-3H3. The van der Waals surface area contributed by atoms with Crippen LogP contribution in [0.25, 0.3) is 5.82 Å². The summed E-state index contributed by atoms with van der Waals surface area (Å²) in [7, 11) is 0. The highest BCUT2D eigenvalue weighted by molar-refractivity contribution is 9.10. The summed E-state index contributed by atoms with van der Waals surface area (Å²) in [4.78, 5) is 4.33. The molecule has 0 saturated heterocycles. The molecule has 4 nitrogen and oxygen atoms in total. The number of hydrogen-bond donors (Lipinski definition) is 1. The molecule has 0 unspecified atom stereocenters. The van der Waals surface area contributed by atoms with Gasteiger partial charge in [-0.2, -0.15) is 5.10 Å². The van der Waals surface area contributed by atoms with Gasteiger partial charge in [0.25, 0.3) is 0 Å². The van der Waals surface area contributed by atoms with Crippen molar-refractivity contribution >= 4 is 21.6 Å². The Morgan fingerprint density at radius 2 is 2.12 bits per heavy atom. The van der Waals surface area contributed by atoms with Gasteiger partial charge in [0, 0.05) is 16.4 Å². The number of pyridine rings is 1. The van der Waals surface area contributed by atoms with Crippen LogP contribution in [-0.2, 0) is 6.42 Å². The zero-order chi connectivity index (χ0) is 12.6. The van der Waals surface area contributed by atoms with E-state index in [9.17, 15) is 0 Å². The van der Waals surface area contributed by atoms with E-state index in [0.717, 1.165) is 22.3 Å². The summed E-state index contributed by atoms with van der Waals surface area (Å²) in [6.45, 7) is 6.18. The van der Waals surface area contributed by atoms with Crippen molar-refractivity contribution < 1.29 is 0 Å². The topological polar surface area (TPSA) is 56.7 Å². The lowest BCUT2D eigenvalue weighted by Crippen LogP contribution is -2.06. The summed E-state index contributed by atoms with van der Waals surface area (Å²) in [5, 5.41) is 4.50. The van der Waals surface area contributed by atoms with Crippen LogP contribution in [0.4, 0.5) is 5.69 Å². The summed E-state index contributed by atoms with van der Waals surface area (Å²) in [6.07, 6.45) is 2.70. The van der Waals surface area contributed by atoms with Crippen molar-refractivity contribution in [2.24, 2.45) is 0 Å². The number of anilines is 1. The summed E-state index contributed by atoms with van der Waals surface area (Å²) in [5.41, 5.74) is 9.99. The van der Waals surface area contributed by atoms with Crippen LogP contribution >= 0.6 is 15.9 Å². The van der Waals surface area contributed by atoms with Gasteiger partial charge >= 0.3 is 0 Å². The quantitative estimate of drug-likeness (QED) is 0.927. The molecule has 0 aliphatic carbocycles. The second-order valence-corrected chi connectivity index (χ2v) is 4.90. The number of nitrogen functional groups attached to an aromatic ring is 1. The van der Waals surface area contributed by atoms with E-state index in [-0.39, 0.29) is 0 Å². The molecule has 2 rings (SSSR count). The second kappa shape index (κ2) is 4.49. The van der Waals surface area contributed by atoms with Crippen molar-refractivity contribution in [3.63, 3.8) is 0 Å². The smallest absolute Gasteiger partial charge is 0.176 e. The normalized spacial score (nSPS) is 10.8. The van der Waals surface area contributed by atoms with Crippen LogP contribution in [-0.4, -0.2) is 14.8 Å². The summed E-state index contributed by atoms with van der Waals surface area (Å²) >= 11 is 3.35. The van der Waals surface area contributed by atoms with E-state index in [2.05, 4.69) is 32.9 Å². The van der Waals surface area contributed by atoms with Crippen LogP contribution in [0.1, 0.15) is 23.9 Å². The minimum atomic E-state index is 0.618. The number of rotatable bonds is 2. The fourth-order valence-corrected chi connectivity index (χ4v) is 2.37. The molecule has 90 valence electrons. The summed E-state index contributed by atoms with van der Waals surface area (Å²) in [5.74, 6) is 0.688. The number of nitrogens with zero attached hydrogens (tertiary/aromatic N) is 3. The fourth-order valence-electron chi connectivity index (χ4n) is 2.02. The molecule has 0 fully saturated rings. The SMILES string of the molecule is CCc1c(C)nn(-c2ncc(Br)cc2N)c1C. The molecule has 0 aliphatic rings. The zero-order valence-corrected chi connectivity index (χ0v) is 11.7. The van der Waals surface area contributed by atoms with E-state index in [4.69, 9.17) is 5.73 Å². The van der Waals surface area contributed by atoms with Gasteiger partial charge in [0.05, 0.1) is 11.4 Å². The maximum Gasteiger partial charge on any atom is 0.176 e. The predicted octanol–water partition coefficient (Wildman–Crippen LogP) is 2.79. The van der Waals surface area contributed by atoms with E-state index in [1.54, 1.807) is 6.20 Å². The van der Waals surface area contributed by atoms with Crippen molar-refractivity contribution in [3.8, 4) is 5.82 Å². The minimum Gasteiger partial charge on any atom is -0.396 e. The van der Waals surface area contributed by atoms with Gasteiger partial charge < -0.3 is 5.73 Å². The first kappa shape index (κ1) is 12.1. The second-order valence-electron chi connectivity index (χ2n) is 3.98. The van der Waals surface area contributed by atoms with Gasteiger partial charge in [-0.05, 0) is 47.8 Å². The molecule has 17 heavy (non-hydrogen) atoms. The summed E-state index contributed by atoms with van der Waals surface area (Å²) < 4.78 is 2.69. The summed E-state index contributed by atoms with van der Waals surface area (Å²) in [6, 6.07) is 1.84. The van der Waals surface area contributed by atoms with E-state index in [1.165, 1.54) is 5.56 Å². The minimum absolute atomic E-state index is 0.618. The Hall–Kier alpha value is -1.36. The molecule has 2 aromatic rings. The Balaban J connectivity index is 2.61. The van der Waals surface area contributed by atoms with Crippen LogP contribution < -0.4 is 5.73 Å². The van der Waals surface area contributed by atoms with E-state index in [1.807, 2.05) is 24.6 Å². The van der Waals surface area contributed by atoms with Gasteiger partial charge in [-0.1, -0.05) is 6.92 Å². The fraction of sp³-hybridized carbons (Fsp3) is 0.333. The van der Waals surface area contributed by atoms with Crippen LogP contribution in [0.15, 0.2) is 16.7 Å².